The summed E-state index contributed by atoms with van der Waals surface area (Å²) in [6.07, 6.45) is 4.57. The largest absolute Gasteiger partial charge is 0.355 e. The number of nitrogens with one attached hydrogen (secondary N) is 1. The Morgan fingerprint density at radius 3 is 2.78 bits per heavy atom. The molecule has 27 heavy (non-hydrogen) atoms. The smallest absolute Gasteiger partial charge is 0.230 e. The number of hydrogen-bond acceptors (Lipinski definition) is 5. The van der Waals surface area contributed by atoms with E-state index < -0.39 is 0 Å². The maximum Gasteiger partial charge on any atom is 0.230 e. The van der Waals surface area contributed by atoms with Gasteiger partial charge in [-0.2, -0.15) is 5.26 Å². The molecule has 2 heterocycles. The summed E-state index contributed by atoms with van der Waals surface area (Å²) < 4.78 is 0. The molecular weight excluding hydrogens is 360 g/mol. The number of hydrogen-bond donors (Lipinski definition) is 1. The van der Waals surface area contributed by atoms with Gasteiger partial charge < -0.3 is 10.2 Å². The van der Waals surface area contributed by atoms with E-state index in [9.17, 15) is 14.9 Å². The molecular formula is C20H28N4O2S. The first-order valence-electron chi connectivity index (χ1n) is 9.49. The topological polar surface area (TPSA) is 86.1 Å². The van der Waals surface area contributed by atoms with Crippen LogP contribution in [0.3, 0.4) is 0 Å². The number of nitriles is 1. The number of aromatic nitrogens is 1. The molecule has 2 amide bonds. The maximum absolute atomic E-state index is 12.1. The van der Waals surface area contributed by atoms with Crippen LogP contribution in [0.5, 0.6) is 0 Å². The van der Waals surface area contributed by atoms with Gasteiger partial charge in [-0.25, -0.2) is 4.98 Å². The minimum absolute atomic E-state index is 0.0798. The number of likely N-dealkylation sites (tertiary alicyclic amines) is 1. The lowest BCUT2D eigenvalue weighted by Crippen LogP contribution is -2.34. The highest BCUT2D eigenvalue weighted by Crippen LogP contribution is 2.26. The minimum Gasteiger partial charge on any atom is -0.355 e. The Bertz CT molecular complexity index is 742. The molecule has 1 aromatic rings. The number of aryl methyl sites for hydroxylation is 1. The average molecular weight is 389 g/mol. The molecule has 0 bridgehead atoms. The summed E-state index contributed by atoms with van der Waals surface area (Å²) in [6.45, 7) is 7.86. The number of rotatable bonds is 7. The summed E-state index contributed by atoms with van der Waals surface area (Å²) in [4.78, 5) is 30.4. The van der Waals surface area contributed by atoms with Crippen LogP contribution in [-0.2, 0) is 9.59 Å². The Hall–Kier alpha value is -2.07. The van der Waals surface area contributed by atoms with Crippen LogP contribution in [0.4, 0.5) is 0 Å². The van der Waals surface area contributed by atoms with Crippen molar-refractivity contribution in [1.29, 1.82) is 5.26 Å². The number of nitrogens with zero attached hydrogens (tertiary/aromatic N) is 3. The second-order valence-electron chi connectivity index (χ2n) is 6.92. The molecule has 2 rings (SSSR count). The van der Waals surface area contributed by atoms with Crippen molar-refractivity contribution < 1.29 is 9.59 Å². The lowest BCUT2D eigenvalue weighted by Gasteiger charge is -2.20. The van der Waals surface area contributed by atoms with Crippen molar-refractivity contribution in [2.75, 3.05) is 25.4 Å². The van der Waals surface area contributed by atoms with Gasteiger partial charge in [0.1, 0.15) is 11.1 Å². The molecule has 0 aliphatic carbocycles. The van der Waals surface area contributed by atoms with Gasteiger partial charge in [-0.3, -0.25) is 9.59 Å². The van der Waals surface area contributed by atoms with Gasteiger partial charge in [0.05, 0.1) is 11.3 Å². The fourth-order valence-corrected chi connectivity index (χ4v) is 4.02. The Morgan fingerprint density at radius 1 is 1.26 bits per heavy atom. The predicted octanol–water partition coefficient (Wildman–Crippen LogP) is 2.88. The lowest BCUT2D eigenvalue weighted by atomic mass is 10.1. The van der Waals surface area contributed by atoms with E-state index in [2.05, 4.69) is 16.4 Å². The second-order valence-corrected chi connectivity index (χ2v) is 7.89. The van der Waals surface area contributed by atoms with Crippen molar-refractivity contribution in [2.45, 2.75) is 57.9 Å². The zero-order valence-corrected chi connectivity index (χ0v) is 17.2. The molecule has 0 unspecified atom stereocenters. The van der Waals surface area contributed by atoms with E-state index in [1.165, 1.54) is 11.8 Å². The van der Waals surface area contributed by atoms with Gasteiger partial charge in [0.15, 0.2) is 0 Å². The van der Waals surface area contributed by atoms with Crippen LogP contribution in [0.2, 0.25) is 0 Å². The van der Waals surface area contributed by atoms with E-state index in [0.717, 1.165) is 49.0 Å². The first-order valence-corrected chi connectivity index (χ1v) is 10.5. The van der Waals surface area contributed by atoms with Crippen LogP contribution < -0.4 is 5.32 Å². The molecule has 1 aromatic heterocycles. The van der Waals surface area contributed by atoms with Gasteiger partial charge in [0.2, 0.25) is 11.8 Å². The van der Waals surface area contributed by atoms with E-state index >= 15 is 0 Å². The number of thioether (sulfide) groups is 1. The van der Waals surface area contributed by atoms with Crippen molar-refractivity contribution in [3.8, 4) is 6.07 Å². The fraction of sp³-hybridized carbons (Fsp3) is 0.600. The first-order chi connectivity index (χ1) is 12.9. The van der Waals surface area contributed by atoms with Crippen LogP contribution in [-0.4, -0.2) is 47.1 Å². The Kier molecular flexibility index (Phi) is 8.11. The van der Waals surface area contributed by atoms with Gasteiger partial charge in [-0.1, -0.05) is 18.2 Å². The van der Waals surface area contributed by atoms with E-state index in [1.807, 2.05) is 25.7 Å². The molecule has 1 aliphatic heterocycles. The van der Waals surface area contributed by atoms with E-state index in [0.29, 0.717) is 30.1 Å². The van der Waals surface area contributed by atoms with Crippen molar-refractivity contribution >= 4 is 23.6 Å². The third-order valence-electron chi connectivity index (χ3n) is 5.01. The normalized spacial score (nSPS) is 14.6. The summed E-state index contributed by atoms with van der Waals surface area (Å²) >= 11 is 1.30. The van der Waals surface area contributed by atoms with Crippen LogP contribution in [0, 0.1) is 32.1 Å². The van der Waals surface area contributed by atoms with E-state index in [-0.39, 0.29) is 17.6 Å². The fourth-order valence-electron chi connectivity index (χ4n) is 3.11. The number of carbonyl (C=O) groups excluding carboxylic acids is 2. The molecule has 1 aliphatic rings. The molecule has 146 valence electrons. The third-order valence-corrected chi connectivity index (χ3v) is 5.99. The average Bonchev–Trinajstić information content (AvgIpc) is 2.86. The Labute approximate surface area is 165 Å². The molecule has 1 N–H and O–H groups in total. The van der Waals surface area contributed by atoms with E-state index in [1.54, 1.807) is 0 Å². The zero-order valence-electron chi connectivity index (χ0n) is 16.4. The summed E-state index contributed by atoms with van der Waals surface area (Å²) in [5.74, 6) is 0.380. The second kappa shape index (κ2) is 10.3. The van der Waals surface area contributed by atoms with Gasteiger partial charge >= 0.3 is 0 Å². The van der Waals surface area contributed by atoms with Crippen molar-refractivity contribution in [2.24, 2.45) is 0 Å². The van der Waals surface area contributed by atoms with Crippen LogP contribution in [0.1, 0.15) is 54.5 Å². The van der Waals surface area contributed by atoms with Crippen LogP contribution >= 0.6 is 11.8 Å². The molecule has 0 spiro atoms. The van der Waals surface area contributed by atoms with Crippen molar-refractivity contribution in [1.82, 2.24) is 15.2 Å². The van der Waals surface area contributed by atoms with Gasteiger partial charge in [-0.05, 0) is 51.2 Å². The lowest BCUT2D eigenvalue weighted by molar-refractivity contribution is -0.130. The van der Waals surface area contributed by atoms with Crippen molar-refractivity contribution in [3.63, 3.8) is 0 Å². The molecule has 0 aromatic carbocycles. The number of amides is 2. The quantitative estimate of drug-likeness (QED) is 0.573. The first kappa shape index (κ1) is 21.2. The summed E-state index contributed by atoms with van der Waals surface area (Å²) in [5.41, 5.74) is 3.38. The summed E-state index contributed by atoms with van der Waals surface area (Å²) in [6, 6.07) is 2.20. The minimum atomic E-state index is -0.0798. The molecule has 0 radical (unpaired) electrons. The van der Waals surface area contributed by atoms with Gasteiger partial charge in [0, 0.05) is 31.7 Å². The van der Waals surface area contributed by atoms with Gasteiger partial charge in [0.25, 0.3) is 0 Å². The molecule has 1 saturated heterocycles. The standard InChI is InChI=1S/C20H28N4O2S/c1-14-15(2)17(12-21)20(23-16(14)3)27-13-18(25)22-9-7-11-24-10-6-4-5-8-19(24)26/h4-11,13H2,1-3H3,(H,22,25). The zero-order chi connectivity index (χ0) is 19.8. The van der Waals surface area contributed by atoms with Gasteiger partial charge in [-0.15, -0.1) is 0 Å². The monoisotopic (exact) mass is 388 g/mol. The molecule has 0 saturated carbocycles. The van der Waals surface area contributed by atoms with Crippen LogP contribution in [0.25, 0.3) is 0 Å². The molecule has 6 nitrogen and oxygen atoms in total. The Morgan fingerprint density at radius 2 is 2.04 bits per heavy atom. The maximum atomic E-state index is 12.1. The predicted molar refractivity (Wildman–Crippen MR) is 107 cm³/mol. The highest BCUT2D eigenvalue weighted by Gasteiger charge is 2.16. The molecule has 7 heteroatoms. The van der Waals surface area contributed by atoms with Crippen molar-refractivity contribution in [3.05, 3.63) is 22.4 Å². The third kappa shape index (κ3) is 5.96. The van der Waals surface area contributed by atoms with Crippen LogP contribution in [0.15, 0.2) is 5.03 Å². The summed E-state index contributed by atoms with van der Waals surface area (Å²) in [5, 5.41) is 12.9. The van der Waals surface area contributed by atoms with E-state index in [4.69, 9.17) is 0 Å². The summed E-state index contributed by atoms with van der Waals surface area (Å²) in [7, 11) is 0. The Balaban J connectivity index is 1.77. The molecule has 1 fully saturated rings. The SMILES string of the molecule is Cc1nc(SCC(=O)NCCCN2CCCCCC2=O)c(C#N)c(C)c1C. The number of carbonyl (C=O) groups is 2. The molecule has 0 atom stereocenters. The highest BCUT2D eigenvalue weighted by atomic mass is 32.2. The highest BCUT2D eigenvalue weighted by molar-refractivity contribution is 8.00. The number of pyridine rings is 1.